The molecule has 0 amide bonds. The van der Waals surface area contributed by atoms with Gasteiger partial charge in [0.25, 0.3) is 5.54 Å². The number of halogens is 1. The molecule has 2 aliphatic carbocycles. The number of aromatic nitrogens is 3. The largest absolute Gasteiger partial charge is 0.305 e. The molecule has 0 N–H and O–H groups in total. The second-order valence-corrected chi connectivity index (χ2v) is 6.98. The molecule has 0 aliphatic heterocycles. The Hall–Kier alpha value is -2.38. The fourth-order valence-electron chi connectivity index (χ4n) is 3.82. The molecule has 2 heterocycles. The molecule has 5 rings (SSSR count). The molecule has 1 aromatic carbocycles. The number of fused-ring (bicyclic) bond motifs is 1. The van der Waals surface area contributed by atoms with Crippen LogP contribution in [0.25, 0.3) is 21.4 Å². The van der Waals surface area contributed by atoms with E-state index < -0.39 is 0 Å². The summed E-state index contributed by atoms with van der Waals surface area (Å²) in [5.41, 5.74) is 2.99. The van der Waals surface area contributed by atoms with Gasteiger partial charge in [0.2, 0.25) is 0 Å². The second-order valence-electron chi connectivity index (χ2n) is 6.60. The topological polar surface area (TPSA) is 35.1 Å². The molecule has 0 unspecified atom stereocenters. The van der Waals surface area contributed by atoms with Crippen LogP contribution in [0.3, 0.4) is 0 Å². The molecule has 1 spiro atoms. The van der Waals surface area contributed by atoms with Crippen LogP contribution >= 0.6 is 11.6 Å². The minimum absolute atomic E-state index is 0.271. The van der Waals surface area contributed by atoms with Crippen molar-refractivity contribution >= 4 is 22.5 Å². The van der Waals surface area contributed by atoms with Crippen LogP contribution in [0.4, 0.5) is 0 Å². The van der Waals surface area contributed by atoms with Crippen LogP contribution < -0.4 is 0 Å². The lowest BCUT2D eigenvalue weighted by atomic mass is 10.0. The molecule has 4 nitrogen and oxygen atoms in total. The number of benzene rings is 1. The van der Waals surface area contributed by atoms with Gasteiger partial charge in [0.05, 0.1) is 22.8 Å². The van der Waals surface area contributed by atoms with Gasteiger partial charge in [-0.2, -0.15) is 5.10 Å². The average Bonchev–Trinajstić information content (AvgIpc) is 3.44. The lowest BCUT2D eigenvalue weighted by Crippen LogP contribution is -2.05. The van der Waals surface area contributed by atoms with Gasteiger partial charge in [-0.05, 0) is 25.0 Å². The third-order valence-corrected chi connectivity index (χ3v) is 5.60. The SMILES string of the molecule is [C-]#[N+][C@@]1(c2ccc3cnn(-c4ccnc(Cl)c4)c3c2)CC12CC2. The quantitative estimate of drug-likeness (QED) is 0.519. The highest BCUT2D eigenvalue weighted by Crippen LogP contribution is 2.79. The Morgan fingerprint density at radius 2 is 2.09 bits per heavy atom. The zero-order chi connectivity index (χ0) is 15.7. The van der Waals surface area contributed by atoms with Crippen LogP contribution in [-0.2, 0) is 5.54 Å². The number of hydrogen-bond acceptors (Lipinski definition) is 2. The summed E-state index contributed by atoms with van der Waals surface area (Å²) >= 11 is 6.00. The molecule has 2 fully saturated rings. The van der Waals surface area contributed by atoms with E-state index in [4.69, 9.17) is 18.2 Å². The Kier molecular flexibility index (Phi) is 2.35. The van der Waals surface area contributed by atoms with Gasteiger partial charge in [-0.3, -0.25) is 0 Å². The van der Waals surface area contributed by atoms with Crippen LogP contribution in [0.2, 0.25) is 5.15 Å². The first-order valence-corrected chi connectivity index (χ1v) is 8.04. The van der Waals surface area contributed by atoms with E-state index in [1.165, 1.54) is 12.8 Å². The molecule has 0 bridgehead atoms. The molecule has 5 heteroatoms. The van der Waals surface area contributed by atoms with Crippen molar-refractivity contribution in [1.29, 1.82) is 0 Å². The van der Waals surface area contributed by atoms with E-state index in [2.05, 4.69) is 33.1 Å². The summed E-state index contributed by atoms with van der Waals surface area (Å²) in [6.07, 6.45) is 6.90. The molecular weight excluding hydrogens is 308 g/mol. The standard InChI is InChI=1S/C18H13ClN4/c1-20-18(11-17(18)5-6-17)13-3-2-12-10-22-23(15(12)8-13)14-4-7-21-16(19)9-14/h2-4,7-10H,5-6,11H2/t18-/m1/s1. The highest BCUT2D eigenvalue weighted by atomic mass is 35.5. The number of hydrogen-bond donors (Lipinski definition) is 0. The van der Waals surface area contributed by atoms with E-state index in [0.29, 0.717) is 5.15 Å². The molecule has 0 radical (unpaired) electrons. The lowest BCUT2D eigenvalue weighted by molar-refractivity contribution is 0.721. The van der Waals surface area contributed by atoms with Crippen molar-refractivity contribution < 1.29 is 0 Å². The maximum absolute atomic E-state index is 7.69. The molecule has 2 aliphatic rings. The van der Waals surface area contributed by atoms with Crippen molar-refractivity contribution in [3.63, 3.8) is 0 Å². The minimum Gasteiger partial charge on any atom is -0.305 e. The number of rotatable bonds is 2. The van der Waals surface area contributed by atoms with Gasteiger partial charge in [-0.15, -0.1) is 0 Å². The second kappa shape index (κ2) is 4.12. The Morgan fingerprint density at radius 3 is 2.78 bits per heavy atom. The minimum atomic E-state index is -0.299. The summed E-state index contributed by atoms with van der Waals surface area (Å²) in [5, 5.41) is 5.99. The van der Waals surface area contributed by atoms with E-state index in [0.717, 1.165) is 28.6 Å². The first-order valence-electron chi connectivity index (χ1n) is 7.66. The first-order chi connectivity index (χ1) is 11.2. The monoisotopic (exact) mass is 320 g/mol. The summed E-state index contributed by atoms with van der Waals surface area (Å²) in [6.45, 7) is 7.69. The molecule has 0 saturated heterocycles. The van der Waals surface area contributed by atoms with Gasteiger partial charge >= 0.3 is 0 Å². The van der Waals surface area contributed by atoms with E-state index in [1.54, 1.807) is 12.3 Å². The molecule has 23 heavy (non-hydrogen) atoms. The summed E-state index contributed by atoms with van der Waals surface area (Å²) in [7, 11) is 0. The predicted octanol–water partition coefficient (Wildman–Crippen LogP) is 4.37. The van der Waals surface area contributed by atoms with Crippen LogP contribution in [0, 0.1) is 12.0 Å². The molecule has 2 aromatic heterocycles. The number of pyridine rings is 1. The van der Waals surface area contributed by atoms with Crippen molar-refractivity contribution in [3.8, 4) is 5.69 Å². The summed E-state index contributed by atoms with van der Waals surface area (Å²) < 4.78 is 1.87. The zero-order valence-corrected chi connectivity index (χ0v) is 13.1. The van der Waals surface area contributed by atoms with Gasteiger partial charge in [-0.1, -0.05) is 23.7 Å². The van der Waals surface area contributed by atoms with E-state index in [-0.39, 0.29) is 11.0 Å². The fourth-order valence-corrected chi connectivity index (χ4v) is 3.99. The van der Waals surface area contributed by atoms with Gasteiger partial charge in [0.15, 0.2) is 0 Å². The Morgan fingerprint density at radius 1 is 1.22 bits per heavy atom. The van der Waals surface area contributed by atoms with Crippen molar-refractivity contribution in [1.82, 2.24) is 14.8 Å². The van der Waals surface area contributed by atoms with E-state index >= 15 is 0 Å². The van der Waals surface area contributed by atoms with Crippen molar-refractivity contribution in [2.24, 2.45) is 5.41 Å². The average molecular weight is 321 g/mol. The van der Waals surface area contributed by atoms with Gasteiger partial charge < -0.3 is 4.85 Å². The third-order valence-electron chi connectivity index (χ3n) is 5.39. The van der Waals surface area contributed by atoms with Gasteiger partial charge in [-0.25, -0.2) is 16.2 Å². The molecule has 2 saturated carbocycles. The normalized spacial score (nSPS) is 23.8. The van der Waals surface area contributed by atoms with Crippen LogP contribution in [0.5, 0.6) is 0 Å². The van der Waals surface area contributed by atoms with Crippen molar-refractivity contribution in [2.45, 2.75) is 24.8 Å². The first kappa shape index (κ1) is 13.1. The van der Waals surface area contributed by atoms with Crippen molar-refractivity contribution in [2.75, 3.05) is 0 Å². The van der Waals surface area contributed by atoms with Crippen LogP contribution in [0.1, 0.15) is 24.8 Å². The predicted molar refractivity (Wildman–Crippen MR) is 88.4 cm³/mol. The van der Waals surface area contributed by atoms with Crippen LogP contribution in [0.15, 0.2) is 42.7 Å². The zero-order valence-electron chi connectivity index (χ0n) is 12.3. The number of nitrogens with zero attached hydrogens (tertiary/aromatic N) is 4. The maximum atomic E-state index is 7.69. The highest BCUT2D eigenvalue weighted by Gasteiger charge is 2.82. The fraction of sp³-hybridized carbons (Fsp3) is 0.278. The highest BCUT2D eigenvalue weighted by molar-refractivity contribution is 6.29. The lowest BCUT2D eigenvalue weighted by Gasteiger charge is -2.07. The van der Waals surface area contributed by atoms with E-state index in [1.807, 2.05) is 16.9 Å². The van der Waals surface area contributed by atoms with E-state index in [9.17, 15) is 0 Å². The third kappa shape index (κ3) is 1.66. The Labute approximate surface area is 138 Å². The summed E-state index contributed by atoms with van der Waals surface area (Å²) in [6, 6.07) is 9.97. The van der Waals surface area contributed by atoms with Gasteiger partial charge in [0, 0.05) is 29.6 Å². The molecule has 1 atom stereocenters. The summed E-state index contributed by atoms with van der Waals surface area (Å²) in [4.78, 5) is 8.04. The molecular formula is C18H13ClN4. The molecule has 3 aromatic rings. The Balaban J connectivity index is 1.69. The van der Waals surface area contributed by atoms with Crippen molar-refractivity contribution in [3.05, 3.63) is 64.9 Å². The summed E-state index contributed by atoms with van der Waals surface area (Å²) in [5.74, 6) is 0. The molecule has 112 valence electrons. The maximum Gasteiger partial charge on any atom is 0.264 e. The van der Waals surface area contributed by atoms with Gasteiger partial charge in [0.1, 0.15) is 5.15 Å². The van der Waals surface area contributed by atoms with Crippen LogP contribution in [-0.4, -0.2) is 14.8 Å². The smallest absolute Gasteiger partial charge is 0.264 e. The Bertz CT molecular complexity index is 996.